The Labute approximate surface area is 95.3 Å². The van der Waals surface area contributed by atoms with Crippen LogP contribution in [0.5, 0.6) is 0 Å². The van der Waals surface area contributed by atoms with Crippen molar-refractivity contribution in [2.75, 3.05) is 0 Å². The Hall–Kier alpha value is -1.61. The number of aryl methyl sites for hydroxylation is 2. The first-order valence-corrected chi connectivity index (χ1v) is 5.38. The Morgan fingerprint density at radius 1 is 1.31 bits per heavy atom. The average Bonchev–Trinajstić information content (AvgIpc) is 2.60. The molecular formula is C13H16N2O. The molecule has 0 fully saturated rings. The second-order valence-corrected chi connectivity index (χ2v) is 4.12. The van der Waals surface area contributed by atoms with Crippen molar-refractivity contribution in [1.82, 2.24) is 4.98 Å². The Balaban J connectivity index is 2.48. The van der Waals surface area contributed by atoms with Crippen molar-refractivity contribution in [3.8, 4) is 11.3 Å². The monoisotopic (exact) mass is 216 g/mol. The van der Waals surface area contributed by atoms with Gasteiger partial charge in [-0.05, 0) is 26.8 Å². The second-order valence-electron chi connectivity index (χ2n) is 4.12. The van der Waals surface area contributed by atoms with Gasteiger partial charge in [-0.3, -0.25) is 0 Å². The van der Waals surface area contributed by atoms with Gasteiger partial charge in [-0.2, -0.15) is 0 Å². The van der Waals surface area contributed by atoms with E-state index in [0.717, 1.165) is 17.0 Å². The first kappa shape index (κ1) is 10.9. The summed E-state index contributed by atoms with van der Waals surface area (Å²) in [4.78, 5) is 4.43. The molecule has 0 aliphatic carbocycles. The number of aromatic nitrogens is 1. The maximum atomic E-state index is 5.75. The minimum absolute atomic E-state index is 0.169. The highest BCUT2D eigenvalue weighted by molar-refractivity contribution is 5.61. The fourth-order valence-electron chi connectivity index (χ4n) is 1.67. The summed E-state index contributed by atoms with van der Waals surface area (Å²) in [5.41, 5.74) is 8.92. The molecule has 1 aromatic carbocycles. The van der Waals surface area contributed by atoms with E-state index in [1.54, 1.807) is 0 Å². The van der Waals surface area contributed by atoms with Crippen LogP contribution in [-0.4, -0.2) is 4.98 Å². The van der Waals surface area contributed by atoms with Gasteiger partial charge >= 0.3 is 0 Å². The molecule has 1 atom stereocenters. The number of nitrogens with zero attached hydrogens (tertiary/aromatic N) is 1. The van der Waals surface area contributed by atoms with E-state index in [-0.39, 0.29) is 6.04 Å². The smallest absolute Gasteiger partial charge is 0.211 e. The lowest BCUT2D eigenvalue weighted by Crippen LogP contribution is -2.04. The van der Waals surface area contributed by atoms with Crippen molar-refractivity contribution in [2.45, 2.75) is 26.8 Å². The molecule has 0 saturated heterocycles. The minimum atomic E-state index is -0.169. The molecule has 0 amide bonds. The lowest BCUT2D eigenvalue weighted by Gasteiger charge is -1.98. The summed E-state index contributed by atoms with van der Waals surface area (Å²) in [6.07, 6.45) is 0. The van der Waals surface area contributed by atoms with Gasteiger partial charge in [0.2, 0.25) is 5.89 Å². The SMILES string of the molecule is Cc1cccc(-c2nc(C(C)N)oc2C)c1. The standard InChI is InChI=1S/C13H16N2O/c1-8-5-4-6-11(7-8)12-10(3)16-13(15-12)9(2)14/h4-7,9H,14H2,1-3H3. The second kappa shape index (κ2) is 4.10. The van der Waals surface area contributed by atoms with Gasteiger partial charge in [0.15, 0.2) is 0 Å². The Kier molecular flexibility index (Phi) is 2.79. The molecular weight excluding hydrogens is 200 g/mol. The molecule has 0 radical (unpaired) electrons. The summed E-state index contributed by atoms with van der Waals surface area (Å²) in [5.74, 6) is 1.41. The quantitative estimate of drug-likeness (QED) is 0.839. The third-order valence-electron chi connectivity index (χ3n) is 2.49. The first-order valence-electron chi connectivity index (χ1n) is 5.38. The maximum Gasteiger partial charge on any atom is 0.211 e. The van der Waals surface area contributed by atoms with Crippen LogP contribution in [0.2, 0.25) is 0 Å². The zero-order chi connectivity index (χ0) is 11.7. The number of nitrogens with two attached hydrogens (primary N) is 1. The molecule has 1 aromatic heterocycles. The number of hydrogen-bond donors (Lipinski definition) is 1. The molecule has 0 spiro atoms. The Bertz CT molecular complexity index is 500. The molecule has 0 aliphatic heterocycles. The predicted molar refractivity (Wildman–Crippen MR) is 64.0 cm³/mol. The molecule has 2 aromatic rings. The first-order chi connectivity index (χ1) is 7.58. The average molecular weight is 216 g/mol. The van der Waals surface area contributed by atoms with Gasteiger partial charge in [-0.15, -0.1) is 0 Å². The van der Waals surface area contributed by atoms with E-state index in [2.05, 4.69) is 24.0 Å². The molecule has 2 rings (SSSR count). The maximum absolute atomic E-state index is 5.75. The van der Waals surface area contributed by atoms with E-state index < -0.39 is 0 Å². The summed E-state index contributed by atoms with van der Waals surface area (Å²) < 4.78 is 5.53. The van der Waals surface area contributed by atoms with Crippen LogP contribution in [0.25, 0.3) is 11.3 Å². The van der Waals surface area contributed by atoms with Crippen LogP contribution in [0.1, 0.15) is 30.2 Å². The van der Waals surface area contributed by atoms with Crippen LogP contribution in [0.4, 0.5) is 0 Å². The van der Waals surface area contributed by atoms with Gasteiger partial charge in [-0.1, -0.05) is 23.8 Å². The van der Waals surface area contributed by atoms with Crippen molar-refractivity contribution >= 4 is 0 Å². The Morgan fingerprint density at radius 3 is 2.62 bits per heavy atom. The van der Waals surface area contributed by atoms with Crippen molar-refractivity contribution in [2.24, 2.45) is 5.73 Å². The third-order valence-corrected chi connectivity index (χ3v) is 2.49. The summed E-state index contributed by atoms with van der Waals surface area (Å²) in [5, 5.41) is 0. The van der Waals surface area contributed by atoms with E-state index in [1.807, 2.05) is 26.0 Å². The van der Waals surface area contributed by atoms with Gasteiger partial charge in [-0.25, -0.2) is 4.98 Å². The molecule has 0 aliphatic rings. The zero-order valence-corrected chi connectivity index (χ0v) is 9.82. The number of hydrogen-bond acceptors (Lipinski definition) is 3. The van der Waals surface area contributed by atoms with Gasteiger partial charge in [0.25, 0.3) is 0 Å². The van der Waals surface area contributed by atoms with Gasteiger partial charge < -0.3 is 10.2 Å². The van der Waals surface area contributed by atoms with Crippen LogP contribution in [0, 0.1) is 13.8 Å². The summed E-state index contributed by atoms with van der Waals surface area (Å²) in [6.45, 7) is 5.84. The number of benzene rings is 1. The molecule has 0 saturated carbocycles. The highest BCUT2D eigenvalue weighted by atomic mass is 16.4. The van der Waals surface area contributed by atoms with E-state index in [1.165, 1.54) is 5.56 Å². The van der Waals surface area contributed by atoms with E-state index >= 15 is 0 Å². The number of oxazole rings is 1. The van der Waals surface area contributed by atoms with Crippen LogP contribution in [-0.2, 0) is 0 Å². The molecule has 1 heterocycles. The molecule has 3 nitrogen and oxygen atoms in total. The van der Waals surface area contributed by atoms with Crippen molar-refractivity contribution < 1.29 is 4.42 Å². The lowest BCUT2D eigenvalue weighted by molar-refractivity contribution is 0.444. The van der Waals surface area contributed by atoms with E-state index in [4.69, 9.17) is 10.2 Å². The molecule has 0 bridgehead atoms. The normalized spacial score (nSPS) is 12.8. The summed E-state index contributed by atoms with van der Waals surface area (Å²) >= 11 is 0. The topological polar surface area (TPSA) is 52.0 Å². The van der Waals surface area contributed by atoms with Gasteiger partial charge in [0.1, 0.15) is 11.5 Å². The molecule has 84 valence electrons. The van der Waals surface area contributed by atoms with E-state index in [9.17, 15) is 0 Å². The van der Waals surface area contributed by atoms with Crippen LogP contribution in [0.15, 0.2) is 28.7 Å². The number of rotatable bonds is 2. The fraction of sp³-hybridized carbons (Fsp3) is 0.308. The molecule has 2 N–H and O–H groups in total. The zero-order valence-electron chi connectivity index (χ0n) is 9.82. The van der Waals surface area contributed by atoms with Crippen LogP contribution in [0.3, 0.4) is 0 Å². The minimum Gasteiger partial charge on any atom is -0.444 e. The lowest BCUT2D eigenvalue weighted by atomic mass is 10.1. The van der Waals surface area contributed by atoms with Crippen molar-refractivity contribution in [3.63, 3.8) is 0 Å². The largest absolute Gasteiger partial charge is 0.444 e. The van der Waals surface area contributed by atoms with Crippen molar-refractivity contribution in [1.29, 1.82) is 0 Å². The Morgan fingerprint density at radius 2 is 2.06 bits per heavy atom. The summed E-state index contributed by atoms with van der Waals surface area (Å²) in [6, 6.07) is 8.03. The third kappa shape index (κ3) is 1.99. The van der Waals surface area contributed by atoms with Gasteiger partial charge in [0.05, 0.1) is 6.04 Å². The van der Waals surface area contributed by atoms with Crippen molar-refractivity contribution in [3.05, 3.63) is 41.5 Å². The molecule has 3 heteroatoms. The van der Waals surface area contributed by atoms with Crippen LogP contribution >= 0.6 is 0 Å². The predicted octanol–water partition coefficient (Wildman–Crippen LogP) is 2.98. The van der Waals surface area contributed by atoms with Crippen LogP contribution < -0.4 is 5.73 Å². The highest BCUT2D eigenvalue weighted by Gasteiger charge is 2.13. The molecule has 1 unspecified atom stereocenters. The molecule has 16 heavy (non-hydrogen) atoms. The highest BCUT2D eigenvalue weighted by Crippen LogP contribution is 2.25. The summed E-state index contributed by atoms with van der Waals surface area (Å²) in [7, 11) is 0. The fourth-order valence-corrected chi connectivity index (χ4v) is 1.67. The van der Waals surface area contributed by atoms with Gasteiger partial charge in [0, 0.05) is 5.56 Å². The van der Waals surface area contributed by atoms with E-state index in [0.29, 0.717) is 5.89 Å².